The maximum absolute atomic E-state index is 10.7. The van der Waals surface area contributed by atoms with E-state index in [0.29, 0.717) is 6.04 Å². The molecule has 0 saturated carbocycles. The first-order valence-electron chi connectivity index (χ1n) is 5.83. The van der Waals surface area contributed by atoms with Crippen molar-refractivity contribution in [3.63, 3.8) is 0 Å². The van der Waals surface area contributed by atoms with Crippen LogP contribution in [-0.2, 0) is 4.79 Å². The predicted molar refractivity (Wildman–Crippen MR) is 59.6 cm³/mol. The molecule has 1 aliphatic rings. The molecule has 1 rings (SSSR count). The summed E-state index contributed by atoms with van der Waals surface area (Å²) in [6.45, 7) is 4.61. The van der Waals surface area contributed by atoms with Gasteiger partial charge < -0.3 is 10.4 Å². The number of hydrogen-bond donors (Lipinski definition) is 2. The molecular formula is C11H22N2O2. The lowest BCUT2D eigenvalue weighted by Gasteiger charge is -2.34. The second kappa shape index (κ2) is 6.80. The fourth-order valence-electron chi connectivity index (χ4n) is 2.11. The van der Waals surface area contributed by atoms with E-state index in [9.17, 15) is 9.90 Å². The minimum absolute atomic E-state index is 0.0346. The van der Waals surface area contributed by atoms with E-state index in [1.807, 2.05) is 0 Å². The highest BCUT2D eigenvalue weighted by molar-refractivity contribution is 5.72. The lowest BCUT2D eigenvalue weighted by Crippen LogP contribution is -2.43. The van der Waals surface area contributed by atoms with Crippen LogP contribution in [0, 0.1) is 0 Å². The molecule has 1 saturated heterocycles. The Kier molecular flexibility index (Phi) is 5.65. The first kappa shape index (κ1) is 12.5. The van der Waals surface area contributed by atoms with Crippen LogP contribution < -0.4 is 5.32 Å². The zero-order valence-electron chi connectivity index (χ0n) is 9.54. The molecule has 88 valence electrons. The molecule has 2 N–H and O–H groups in total. The molecule has 1 aliphatic heterocycles. The number of likely N-dealkylation sites (tertiary alicyclic amines) is 1. The van der Waals surface area contributed by atoms with Crippen molar-refractivity contribution < 1.29 is 9.90 Å². The quantitative estimate of drug-likeness (QED) is 0.650. The molecule has 1 amide bonds. The third-order valence-corrected chi connectivity index (χ3v) is 2.96. The van der Waals surface area contributed by atoms with E-state index in [1.54, 1.807) is 0 Å². The van der Waals surface area contributed by atoms with Crippen molar-refractivity contribution >= 4 is 5.91 Å². The third kappa shape index (κ3) is 4.62. The third-order valence-electron chi connectivity index (χ3n) is 2.96. The largest absolute Gasteiger partial charge is 0.395 e. The Balaban J connectivity index is 2.15. The van der Waals surface area contributed by atoms with Crippen LogP contribution in [0.5, 0.6) is 0 Å². The van der Waals surface area contributed by atoms with Crippen molar-refractivity contribution in [1.29, 1.82) is 0 Å². The van der Waals surface area contributed by atoms with Crippen molar-refractivity contribution in [1.82, 2.24) is 10.2 Å². The minimum Gasteiger partial charge on any atom is -0.395 e. The zero-order valence-corrected chi connectivity index (χ0v) is 9.54. The van der Waals surface area contributed by atoms with Gasteiger partial charge in [-0.2, -0.15) is 0 Å². The van der Waals surface area contributed by atoms with Gasteiger partial charge in [-0.25, -0.2) is 0 Å². The smallest absolute Gasteiger partial charge is 0.216 e. The summed E-state index contributed by atoms with van der Waals surface area (Å²) in [7, 11) is 0. The minimum atomic E-state index is 0.0346. The highest BCUT2D eigenvalue weighted by Gasteiger charge is 2.20. The van der Waals surface area contributed by atoms with Gasteiger partial charge in [0.2, 0.25) is 5.91 Å². The summed E-state index contributed by atoms with van der Waals surface area (Å²) >= 11 is 0. The Labute approximate surface area is 91.6 Å². The fourth-order valence-corrected chi connectivity index (χ4v) is 2.11. The van der Waals surface area contributed by atoms with E-state index in [-0.39, 0.29) is 12.5 Å². The summed E-state index contributed by atoms with van der Waals surface area (Å²) in [6, 6.07) is 0.344. The normalized spacial score (nSPS) is 22.7. The van der Waals surface area contributed by atoms with Crippen LogP contribution in [0.1, 0.15) is 32.6 Å². The lowest BCUT2D eigenvalue weighted by atomic mass is 10.0. The molecule has 0 bridgehead atoms. The number of piperidine rings is 1. The molecule has 0 radical (unpaired) electrons. The second-order valence-electron chi connectivity index (χ2n) is 4.20. The average molecular weight is 214 g/mol. The van der Waals surface area contributed by atoms with Gasteiger partial charge in [0.05, 0.1) is 6.61 Å². The van der Waals surface area contributed by atoms with Crippen molar-refractivity contribution in [2.45, 2.75) is 38.6 Å². The predicted octanol–water partition coefficient (Wildman–Crippen LogP) is 0.359. The number of aliphatic hydroxyl groups excluding tert-OH is 1. The summed E-state index contributed by atoms with van der Waals surface area (Å²) < 4.78 is 0. The molecule has 1 fully saturated rings. The summed E-state index contributed by atoms with van der Waals surface area (Å²) in [6.07, 6.45) is 4.54. The molecule has 0 aliphatic carbocycles. The molecule has 0 spiro atoms. The molecule has 1 atom stereocenters. The van der Waals surface area contributed by atoms with E-state index < -0.39 is 0 Å². The topological polar surface area (TPSA) is 52.6 Å². The first-order valence-corrected chi connectivity index (χ1v) is 5.83. The van der Waals surface area contributed by atoms with Crippen LogP contribution in [0.15, 0.2) is 0 Å². The number of rotatable bonds is 5. The van der Waals surface area contributed by atoms with Crippen LogP contribution in [0.2, 0.25) is 0 Å². The average Bonchev–Trinajstić information content (AvgIpc) is 2.24. The second-order valence-corrected chi connectivity index (χ2v) is 4.20. The summed E-state index contributed by atoms with van der Waals surface area (Å²) in [5.41, 5.74) is 0. The van der Waals surface area contributed by atoms with E-state index >= 15 is 0 Å². The van der Waals surface area contributed by atoms with Gasteiger partial charge >= 0.3 is 0 Å². The first-order chi connectivity index (χ1) is 7.24. The molecule has 4 nitrogen and oxygen atoms in total. The number of hydrogen-bond acceptors (Lipinski definition) is 3. The van der Waals surface area contributed by atoms with Gasteiger partial charge in [0.15, 0.2) is 0 Å². The van der Waals surface area contributed by atoms with Crippen molar-refractivity contribution in [2.75, 3.05) is 26.2 Å². The van der Waals surface area contributed by atoms with Crippen molar-refractivity contribution in [3.8, 4) is 0 Å². The number of aliphatic hydroxyl groups is 1. The fraction of sp³-hybridized carbons (Fsp3) is 0.909. The maximum atomic E-state index is 10.7. The van der Waals surface area contributed by atoms with Gasteiger partial charge in [0, 0.05) is 26.1 Å². The van der Waals surface area contributed by atoms with Crippen LogP contribution in [0.3, 0.4) is 0 Å². The molecule has 0 aromatic rings. The summed E-state index contributed by atoms with van der Waals surface area (Å²) in [4.78, 5) is 13.0. The molecule has 4 heteroatoms. The Hall–Kier alpha value is -0.610. The van der Waals surface area contributed by atoms with E-state index in [2.05, 4.69) is 10.2 Å². The Bertz CT molecular complexity index is 197. The molecule has 1 heterocycles. The molecule has 0 unspecified atom stereocenters. The Morgan fingerprint density at radius 3 is 3.00 bits per heavy atom. The van der Waals surface area contributed by atoms with Crippen LogP contribution in [-0.4, -0.2) is 48.2 Å². The molecule has 0 aromatic heterocycles. The monoisotopic (exact) mass is 214 g/mol. The Morgan fingerprint density at radius 1 is 1.53 bits per heavy atom. The van der Waals surface area contributed by atoms with Gasteiger partial charge in [0.25, 0.3) is 0 Å². The number of nitrogens with zero attached hydrogens (tertiary/aromatic N) is 1. The van der Waals surface area contributed by atoms with Crippen LogP contribution >= 0.6 is 0 Å². The molecular weight excluding hydrogens is 192 g/mol. The number of nitrogens with one attached hydrogen (secondary N) is 1. The number of carbonyl (C=O) groups excluding carboxylic acids is 1. The maximum Gasteiger partial charge on any atom is 0.216 e. The number of amides is 1. The highest BCUT2D eigenvalue weighted by Crippen LogP contribution is 2.16. The highest BCUT2D eigenvalue weighted by atomic mass is 16.3. The summed E-state index contributed by atoms with van der Waals surface area (Å²) in [5, 5.41) is 12.0. The van der Waals surface area contributed by atoms with Crippen molar-refractivity contribution in [2.24, 2.45) is 0 Å². The van der Waals surface area contributed by atoms with Gasteiger partial charge in [-0.05, 0) is 25.8 Å². The summed E-state index contributed by atoms with van der Waals surface area (Å²) in [5.74, 6) is 0.0346. The van der Waals surface area contributed by atoms with Gasteiger partial charge in [-0.3, -0.25) is 9.69 Å². The van der Waals surface area contributed by atoms with E-state index in [0.717, 1.165) is 32.5 Å². The van der Waals surface area contributed by atoms with E-state index in [1.165, 1.54) is 19.8 Å². The van der Waals surface area contributed by atoms with Crippen LogP contribution in [0.4, 0.5) is 0 Å². The van der Waals surface area contributed by atoms with Gasteiger partial charge in [-0.15, -0.1) is 0 Å². The lowest BCUT2D eigenvalue weighted by molar-refractivity contribution is -0.118. The zero-order chi connectivity index (χ0) is 11.1. The van der Waals surface area contributed by atoms with Crippen molar-refractivity contribution in [3.05, 3.63) is 0 Å². The van der Waals surface area contributed by atoms with E-state index in [4.69, 9.17) is 0 Å². The Morgan fingerprint density at radius 2 is 2.33 bits per heavy atom. The SMILES string of the molecule is CC(=O)NCCCN1CCCC[C@@H]1CO. The molecule has 0 aromatic carbocycles. The van der Waals surface area contributed by atoms with Crippen LogP contribution in [0.25, 0.3) is 0 Å². The number of carbonyl (C=O) groups is 1. The van der Waals surface area contributed by atoms with Gasteiger partial charge in [-0.1, -0.05) is 6.42 Å². The molecule has 15 heavy (non-hydrogen) atoms. The standard InChI is InChI=1S/C11H22N2O2/c1-10(15)12-6-4-8-13-7-3-2-5-11(13)9-14/h11,14H,2-9H2,1H3,(H,12,15)/t11-/m1/s1. The van der Waals surface area contributed by atoms with Gasteiger partial charge in [0.1, 0.15) is 0 Å².